The maximum absolute atomic E-state index is 10.9. The average Bonchev–Trinajstić information content (AvgIpc) is 2.27. The van der Waals surface area contributed by atoms with Crippen molar-refractivity contribution in [3.8, 4) is 0 Å². The molecule has 1 aromatic rings. The molecule has 0 unspecified atom stereocenters. The Hall–Kier alpha value is -1.23. The molecule has 0 aliphatic rings. The Balaban J connectivity index is 3.07. The highest BCUT2D eigenvalue weighted by Gasteiger charge is 2.16. The fourth-order valence-electron chi connectivity index (χ4n) is 1.47. The van der Waals surface area contributed by atoms with Crippen LogP contribution in [-0.4, -0.2) is 17.7 Å². The first-order valence-electron chi connectivity index (χ1n) is 5.19. The molecule has 0 aliphatic heterocycles. The molecule has 0 bridgehead atoms. The van der Waals surface area contributed by atoms with Gasteiger partial charge in [0.1, 0.15) is 5.69 Å². The number of nitro benzene ring substituents is 1. The number of hydrogen-bond donors (Lipinski definition) is 1. The number of hydrogen-bond acceptors (Lipinski definition) is 4. The molecule has 0 saturated heterocycles. The van der Waals surface area contributed by atoms with Crippen molar-refractivity contribution in [2.75, 3.05) is 18.1 Å². The van der Waals surface area contributed by atoms with Gasteiger partial charge in [0.2, 0.25) is 0 Å². The lowest BCUT2D eigenvalue weighted by Gasteiger charge is -2.10. The van der Waals surface area contributed by atoms with Crippen LogP contribution in [0.5, 0.6) is 0 Å². The van der Waals surface area contributed by atoms with Gasteiger partial charge < -0.3 is 5.32 Å². The van der Waals surface area contributed by atoms with Crippen molar-refractivity contribution in [2.24, 2.45) is 0 Å². The number of nitro groups is 1. The molecule has 0 aromatic heterocycles. The van der Waals surface area contributed by atoms with Crippen molar-refractivity contribution in [1.82, 2.24) is 0 Å². The molecule has 0 fully saturated rings. The summed E-state index contributed by atoms with van der Waals surface area (Å²) in [6.07, 6.45) is 2.94. The summed E-state index contributed by atoms with van der Waals surface area (Å²) in [6.45, 7) is 2.79. The summed E-state index contributed by atoms with van der Waals surface area (Å²) in [4.78, 5) is 10.6. The molecule has 0 amide bonds. The molecule has 1 N–H and O–H groups in total. The van der Waals surface area contributed by atoms with E-state index in [1.54, 1.807) is 23.9 Å². The zero-order valence-corrected chi connectivity index (χ0v) is 10.3. The van der Waals surface area contributed by atoms with E-state index in [1.165, 1.54) is 0 Å². The Bertz CT molecular complexity index is 369. The topological polar surface area (TPSA) is 55.2 Å². The number of nitrogens with zero attached hydrogens (tertiary/aromatic N) is 1. The first kappa shape index (κ1) is 12.8. The second kappa shape index (κ2) is 6.37. The Morgan fingerprint density at radius 2 is 2.25 bits per heavy atom. The summed E-state index contributed by atoms with van der Waals surface area (Å²) in [7, 11) is 0. The van der Waals surface area contributed by atoms with Gasteiger partial charge in [0.25, 0.3) is 5.69 Å². The minimum atomic E-state index is -0.332. The Kier molecular flexibility index (Phi) is 5.11. The number of anilines is 1. The molecule has 88 valence electrons. The molecular weight excluding hydrogens is 224 g/mol. The van der Waals surface area contributed by atoms with Gasteiger partial charge in [0, 0.05) is 18.4 Å². The molecule has 1 aromatic carbocycles. The third-order valence-electron chi connectivity index (χ3n) is 2.18. The van der Waals surface area contributed by atoms with Gasteiger partial charge in [-0.1, -0.05) is 19.1 Å². The summed E-state index contributed by atoms with van der Waals surface area (Å²) in [6, 6.07) is 5.21. The van der Waals surface area contributed by atoms with Gasteiger partial charge >= 0.3 is 0 Å². The smallest absolute Gasteiger partial charge is 0.292 e. The number of nitrogens with one attached hydrogen (secondary N) is 1. The van der Waals surface area contributed by atoms with E-state index in [9.17, 15) is 10.1 Å². The molecule has 0 radical (unpaired) electrons. The third kappa shape index (κ3) is 3.13. The van der Waals surface area contributed by atoms with E-state index in [-0.39, 0.29) is 10.6 Å². The van der Waals surface area contributed by atoms with Gasteiger partial charge in [0.15, 0.2) is 0 Å². The zero-order chi connectivity index (χ0) is 12.0. The lowest BCUT2D eigenvalue weighted by molar-refractivity contribution is -0.384. The molecule has 0 aliphatic carbocycles. The lowest BCUT2D eigenvalue weighted by atomic mass is 10.1. The summed E-state index contributed by atoms with van der Waals surface area (Å²) in [5.74, 6) is 0.785. The van der Waals surface area contributed by atoms with Gasteiger partial charge in [-0.3, -0.25) is 10.1 Å². The van der Waals surface area contributed by atoms with Crippen LogP contribution in [0.25, 0.3) is 0 Å². The average molecular weight is 240 g/mol. The van der Waals surface area contributed by atoms with Crippen molar-refractivity contribution in [3.63, 3.8) is 0 Å². The highest BCUT2D eigenvalue weighted by molar-refractivity contribution is 7.97. The van der Waals surface area contributed by atoms with Crippen LogP contribution in [-0.2, 0) is 5.75 Å². The van der Waals surface area contributed by atoms with Gasteiger partial charge in [-0.05, 0) is 18.2 Å². The molecular formula is C11H16N2O2S. The van der Waals surface area contributed by atoms with Gasteiger partial charge in [-0.25, -0.2) is 0 Å². The van der Waals surface area contributed by atoms with Crippen molar-refractivity contribution in [3.05, 3.63) is 33.9 Å². The normalized spacial score (nSPS) is 10.1. The predicted octanol–water partition coefficient (Wildman–Crippen LogP) is 3.28. The molecule has 0 atom stereocenters. The van der Waals surface area contributed by atoms with E-state index in [4.69, 9.17) is 0 Å². The van der Waals surface area contributed by atoms with Crippen molar-refractivity contribution < 1.29 is 4.92 Å². The van der Waals surface area contributed by atoms with Crippen molar-refractivity contribution >= 4 is 23.1 Å². The minimum absolute atomic E-state index is 0.167. The van der Waals surface area contributed by atoms with Crippen LogP contribution in [0.4, 0.5) is 11.4 Å². The molecule has 16 heavy (non-hydrogen) atoms. The monoisotopic (exact) mass is 240 g/mol. The summed E-state index contributed by atoms with van der Waals surface area (Å²) in [5.41, 5.74) is 1.83. The van der Waals surface area contributed by atoms with E-state index in [2.05, 4.69) is 5.32 Å². The van der Waals surface area contributed by atoms with Crippen LogP contribution in [0.2, 0.25) is 0 Å². The molecule has 4 nitrogen and oxygen atoms in total. The van der Waals surface area contributed by atoms with Crippen LogP contribution in [0.1, 0.15) is 18.9 Å². The van der Waals surface area contributed by atoms with E-state index in [0.29, 0.717) is 5.69 Å². The number of thioether (sulfide) groups is 1. The largest absolute Gasteiger partial charge is 0.379 e. The highest BCUT2D eigenvalue weighted by Crippen LogP contribution is 2.30. The molecule has 0 spiro atoms. The van der Waals surface area contributed by atoms with Crippen LogP contribution in [0.3, 0.4) is 0 Å². The Morgan fingerprint density at radius 3 is 2.81 bits per heavy atom. The van der Waals surface area contributed by atoms with Crippen LogP contribution >= 0.6 is 11.8 Å². The summed E-state index contributed by atoms with van der Waals surface area (Å²) < 4.78 is 0. The second-order valence-corrected chi connectivity index (χ2v) is 4.29. The van der Waals surface area contributed by atoms with E-state index in [0.717, 1.165) is 24.3 Å². The Labute approximate surface area is 99.6 Å². The quantitative estimate of drug-likeness (QED) is 0.612. The minimum Gasteiger partial charge on any atom is -0.379 e. The molecule has 1 rings (SSSR count). The fraction of sp³-hybridized carbons (Fsp3) is 0.455. The van der Waals surface area contributed by atoms with Crippen LogP contribution in [0, 0.1) is 10.1 Å². The number of benzene rings is 1. The SMILES string of the molecule is CCCNc1c(CSC)cccc1[N+](=O)[O-]. The Morgan fingerprint density at radius 1 is 1.50 bits per heavy atom. The summed E-state index contributed by atoms with van der Waals surface area (Å²) >= 11 is 1.66. The zero-order valence-electron chi connectivity index (χ0n) is 9.53. The van der Waals surface area contributed by atoms with Crippen molar-refractivity contribution in [1.29, 1.82) is 0 Å². The predicted molar refractivity (Wildman–Crippen MR) is 69.1 cm³/mol. The summed E-state index contributed by atoms with van der Waals surface area (Å²) in [5, 5.41) is 14.0. The number of rotatable bonds is 6. The fourth-order valence-corrected chi connectivity index (χ4v) is 2.02. The second-order valence-electron chi connectivity index (χ2n) is 3.43. The standard InChI is InChI=1S/C11H16N2O2S/c1-3-7-12-11-9(8-16-2)5-4-6-10(11)13(14)15/h4-6,12H,3,7-8H2,1-2H3. The molecule has 0 heterocycles. The van der Waals surface area contributed by atoms with Gasteiger partial charge in [-0.15, -0.1) is 0 Å². The van der Waals surface area contributed by atoms with Crippen LogP contribution < -0.4 is 5.32 Å². The molecule has 0 saturated carbocycles. The maximum atomic E-state index is 10.9. The van der Waals surface area contributed by atoms with E-state index in [1.807, 2.05) is 19.2 Å². The highest BCUT2D eigenvalue weighted by atomic mass is 32.2. The lowest BCUT2D eigenvalue weighted by Crippen LogP contribution is -2.05. The van der Waals surface area contributed by atoms with Gasteiger partial charge in [0.05, 0.1) is 4.92 Å². The first-order valence-corrected chi connectivity index (χ1v) is 6.59. The third-order valence-corrected chi connectivity index (χ3v) is 2.78. The first-order chi connectivity index (χ1) is 7.70. The van der Waals surface area contributed by atoms with E-state index >= 15 is 0 Å². The molecule has 5 heteroatoms. The van der Waals surface area contributed by atoms with Crippen molar-refractivity contribution in [2.45, 2.75) is 19.1 Å². The maximum Gasteiger partial charge on any atom is 0.292 e. The van der Waals surface area contributed by atoms with Gasteiger partial charge in [-0.2, -0.15) is 11.8 Å². The van der Waals surface area contributed by atoms with E-state index < -0.39 is 0 Å². The van der Waals surface area contributed by atoms with Crippen LogP contribution in [0.15, 0.2) is 18.2 Å². The number of para-hydroxylation sites is 1.